The maximum atomic E-state index is 11.3. The van der Waals surface area contributed by atoms with Crippen LogP contribution in [-0.2, 0) is 11.2 Å². The molecule has 3 aromatic rings. The summed E-state index contributed by atoms with van der Waals surface area (Å²) in [7, 11) is 0. The molecule has 0 aliphatic rings. The van der Waals surface area contributed by atoms with Crippen LogP contribution in [-0.4, -0.2) is 92.5 Å². The van der Waals surface area contributed by atoms with E-state index in [1.54, 1.807) is 30.0 Å². The summed E-state index contributed by atoms with van der Waals surface area (Å²) in [6.07, 6.45) is 10.2. The van der Waals surface area contributed by atoms with Crippen LogP contribution in [0.5, 0.6) is 0 Å². The average molecular weight is 585 g/mol. The van der Waals surface area contributed by atoms with E-state index >= 15 is 0 Å². The number of carboxylic acid groups (broad SMARTS) is 2. The van der Waals surface area contributed by atoms with Crippen LogP contribution < -0.4 is 0 Å². The van der Waals surface area contributed by atoms with Crippen LogP contribution in [0.2, 0.25) is 0 Å². The van der Waals surface area contributed by atoms with Crippen LogP contribution in [0.1, 0.15) is 97.9 Å². The van der Waals surface area contributed by atoms with E-state index in [-0.39, 0.29) is 76.3 Å². The fraction of sp³-hybridized carbons (Fsp3) is 0.438. The van der Waals surface area contributed by atoms with E-state index in [2.05, 4.69) is 31.2 Å². The number of thioether (sulfide) groups is 1. The predicted octanol–water partition coefficient (Wildman–Crippen LogP) is 6.98. The quantitative estimate of drug-likeness (QED) is 0.0900. The number of benzene rings is 3. The molecule has 0 aliphatic carbocycles. The molecular weight excluding hydrogens is 542 g/mol. The molecule has 0 bridgehead atoms. The number of carbonyl (C=O) groups is 2. The van der Waals surface area contributed by atoms with E-state index in [9.17, 15) is 19.8 Å². The molecule has 0 amide bonds. The number of aliphatic carboxylic acids is 1. The Bertz CT molecular complexity index is 1190. The molecule has 0 saturated carbocycles. The fourth-order valence-electron chi connectivity index (χ4n) is 4.72. The molecule has 0 spiro atoms. The van der Waals surface area contributed by atoms with E-state index in [1.807, 2.05) is 18.2 Å². The van der Waals surface area contributed by atoms with Crippen molar-refractivity contribution in [1.82, 2.24) is 0 Å². The van der Waals surface area contributed by atoms with Crippen molar-refractivity contribution in [2.45, 2.75) is 93.8 Å². The number of aliphatic hydroxyl groups is 1. The van der Waals surface area contributed by atoms with Crippen molar-refractivity contribution < 1.29 is 24.9 Å². The second-order valence-electron chi connectivity index (χ2n) is 10.0. The zero-order valence-corrected chi connectivity index (χ0v) is 23.1. The molecule has 0 fully saturated rings. The Morgan fingerprint density at radius 2 is 1.40 bits per heavy atom. The van der Waals surface area contributed by atoms with Gasteiger partial charge in [-0.05, 0) is 71.8 Å². The van der Waals surface area contributed by atoms with Crippen LogP contribution in [0.15, 0.2) is 65.6 Å². The molecule has 0 heterocycles. The third-order valence-corrected chi connectivity index (χ3v) is 8.31. The second kappa shape index (κ2) is 20.1. The van der Waals surface area contributed by atoms with Crippen molar-refractivity contribution in [1.29, 1.82) is 0 Å². The summed E-state index contributed by atoms with van der Waals surface area (Å²) in [5.41, 5.74) is 2.56. The van der Waals surface area contributed by atoms with E-state index in [0.29, 0.717) is 12.8 Å². The number of carboxylic acids is 2. The van der Waals surface area contributed by atoms with Gasteiger partial charge in [0.1, 0.15) is 0 Å². The Balaban J connectivity index is 0.00000400. The summed E-state index contributed by atoms with van der Waals surface area (Å²) in [5.74, 6) is -1.81. The summed E-state index contributed by atoms with van der Waals surface area (Å²) >= 11 is 1.56. The van der Waals surface area contributed by atoms with Gasteiger partial charge in [-0.3, -0.25) is 4.79 Å². The van der Waals surface area contributed by atoms with Crippen LogP contribution in [0.4, 0.5) is 0 Å². The number of fused-ring (bicyclic) bond motifs is 1. The van der Waals surface area contributed by atoms with Gasteiger partial charge in [-0.2, -0.15) is 0 Å². The van der Waals surface area contributed by atoms with Crippen molar-refractivity contribution in [2.24, 2.45) is 0 Å². The molecule has 2 unspecified atom stereocenters. The average Bonchev–Trinajstić information content (AvgIpc) is 2.91. The molecule has 0 radical (unpaired) electrons. The number of hydrogen-bond donors (Lipinski definition) is 3. The van der Waals surface area contributed by atoms with Crippen LogP contribution >= 0.6 is 11.8 Å². The summed E-state index contributed by atoms with van der Waals surface area (Å²) in [6, 6.07) is 19.4. The topological polar surface area (TPSA) is 94.8 Å². The van der Waals surface area contributed by atoms with E-state index < -0.39 is 18.0 Å². The molecule has 8 heteroatoms. The first-order valence-corrected chi connectivity index (χ1v) is 14.7. The zero-order valence-electron chi connectivity index (χ0n) is 22.3. The fourth-order valence-corrected chi connectivity index (χ4v) is 5.94. The van der Waals surface area contributed by atoms with Gasteiger partial charge >= 0.3 is 71.1 Å². The van der Waals surface area contributed by atoms with Crippen molar-refractivity contribution in [3.8, 4) is 0 Å². The summed E-state index contributed by atoms with van der Waals surface area (Å²) < 4.78 is 0. The van der Waals surface area contributed by atoms with E-state index in [0.717, 1.165) is 27.7 Å². The first-order valence-electron chi connectivity index (χ1n) is 13.8. The number of unbranched alkanes of at least 4 members (excludes halogenated alkanes) is 6. The molecule has 40 heavy (non-hydrogen) atoms. The molecule has 208 valence electrons. The van der Waals surface area contributed by atoms with Crippen molar-refractivity contribution in [3.05, 3.63) is 77.4 Å². The van der Waals surface area contributed by atoms with Gasteiger partial charge in [0.25, 0.3) is 0 Å². The third kappa shape index (κ3) is 12.6. The van der Waals surface area contributed by atoms with Crippen LogP contribution in [0, 0.1) is 0 Å². The zero-order chi connectivity index (χ0) is 27.3. The Labute approximate surface area is 287 Å². The van der Waals surface area contributed by atoms with Crippen molar-refractivity contribution in [3.63, 3.8) is 0 Å². The number of hydrogen-bond acceptors (Lipinski definition) is 4. The molecule has 3 rings (SSSR count). The van der Waals surface area contributed by atoms with Crippen LogP contribution in [0.3, 0.4) is 0 Å². The number of aromatic carboxylic acids is 1. The Morgan fingerprint density at radius 1 is 0.775 bits per heavy atom. The maximum absolute atomic E-state index is 11.3. The molecular formula is C32H42Na2O5S. The summed E-state index contributed by atoms with van der Waals surface area (Å²) in [4.78, 5) is 23.3. The molecule has 0 aromatic heterocycles. The van der Waals surface area contributed by atoms with Crippen molar-refractivity contribution >= 4 is 93.6 Å². The number of rotatable bonds is 17. The minimum absolute atomic E-state index is 0. The molecule has 3 N–H and O–H groups in total. The first kappa shape index (κ1) is 37.2. The van der Waals surface area contributed by atoms with Gasteiger partial charge in [0.15, 0.2) is 0 Å². The molecule has 5 nitrogen and oxygen atoms in total. The second-order valence-corrected chi connectivity index (χ2v) is 11.2. The Morgan fingerprint density at radius 3 is 2.05 bits per heavy atom. The van der Waals surface area contributed by atoms with Gasteiger partial charge in [0, 0.05) is 11.3 Å². The van der Waals surface area contributed by atoms with Crippen LogP contribution in [0.25, 0.3) is 10.8 Å². The molecule has 2 atom stereocenters. The van der Waals surface area contributed by atoms with Crippen molar-refractivity contribution in [2.75, 3.05) is 0 Å². The molecule has 0 aliphatic heterocycles. The minimum atomic E-state index is -0.953. The van der Waals surface area contributed by atoms with Gasteiger partial charge in [-0.1, -0.05) is 81.8 Å². The standard InChI is InChI=1S/C32H40O5S.2Na.2H/c1-2-3-4-5-6-7-8-10-23-13-15-24(16-14-23)31(29(33)11-9-12-30(34)35)38-28-20-19-25-21-27(32(36)37)18-17-26(25)22-28;;;;/h13-22,29,31,33H,2-12H2,1H3,(H,34,35)(H,36,37);;;;. The number of aryl methyl sites for hydroxylation is 1. The first-order chi connectivity index (χ1) is 18.4. The van der Waals surface area contributed by atoms with Gasteiger partial charge in [-0.25, -0.2) is 4.79 Å². The normalized spacial score (nSPS) is 12.2. The van der Waals surface area contributed by atoms with Gasteiger partial charge < -0.3 is 15.3 Å². The monoisotopic (exact) mass is 584 g/mol. The summed E-state index contributed by atoms with van der Waals surface area (Å²) in [6.45, 7) is 2.24. The van der Waals surface area contributed by atoms with Gasteiger partial charge in [0.2, 0.25) is 0 Å². The Hall–Kier alpha value is -0.830. The van der Waals surface area contributed by atoms with Gasteiger partial charge in [0.05, 0.1) is 16.9 Å². The number of aliphatic hydroxyl groups excluding tert-OH is 1. The summed E-state index contributed by atoms with van der Waals surface area (Å²) in [5, 5.41) is 30.9. The molecule has 3 aromatic carbocycles. The third-order valence-electron chi connectivity index (χ3n) is 6.94. The van der Waals surface area contributed by atoms with E-state index in [4.69, 9.17) is 5.11 Å². The predicted molar refractivity (Wildman–Crippen MR) is 169 cm³/mol. The van der Waals surface area contributed by atoms with E-state index in [1.165, 1.54) is 50.5 Å². The SMILES string of the molecule is CCCCCCCCCc1ccc(C(Sc2ccc3cc(C(=O)O)ccc3c2)C(O)CCCC(=O)O)cc1.[NaH].[NaH]. The van der Waals surface area contributed by atoms with Gasteiger partial charge in [-0.15, -0.1) is 11.8 Å². The molecule has 0 saturated heterocycles. The Kier molecular flexibility index (Phi) is 18.7.